The number of carbonyl (C=O) groups excluding carboxylic acids is 1. The summed E-state index contributed by atoms with van der Waals surface area (Å²) >= 11 is 3.59. The van der Waals surface area contributed by atoms with Crippen LogP contribution < -0.4 is 0 Å². The molecule has 0 bridgehead atoms. The van der Waals surface area contributed by atoms with Gasteiger partial charge in [0.15, 0.2) is 0 Å². The maximum absolute atomic E-state index is 12.4. The Labute approximate surface area is 157 Å². The van der Waals surface area contributed by atoms with Crippen LogP contribution in [0.5, 0.6) is 0 Å². The van der Waals surface area contributed by atoms with Crippen LogP contribution in [0.15, 0.2) is 40.9 Å². The average Bonchev–Trinajstić information content (AvgIpc) is 3.30. The summed E-state index contributed by atoms with van der Waals surface area (Å²) in [6, 6.07) is 8.05. The predicted octanol–water partition coefficient (Wildman–Crippen LogP) is 4.30. The zero-order valence-electron chi connectivity index (χ0n) is 14.9. The second kappa shape index (κ2) is 7.60. The quantitative estimate of drug-likeness (QED) is 0.519. The van der Waals surface area contributed by atoms with Gasteiger partial charge in [0.25, 0.3) is 0 Å². The molecule has 1 saturated heterocycles. The van der Waals surface area contributed by atoms with Crippen LogP contribution in [0.1, 0.15) is 31.4 Å². The fourth-order valence-electron chi connectivity index (χ4n) is 4.08. The van der Waals surface area contributed by atoms with Crippen LogP contribution in [-0.4, -0.2) is 32.9 Å². The number of rotatable bonds is 6. The van der Waals surface area contributed by atoms with Crippen LogP contribution in [0.4, 0.5) is 0 Å². The molecule has 136 valence electrons. The van der Waals surface area contributed by atoms with Crippen LogP contribution in [0.3, 0.4) is 0 Å². The van der Waals surface area contributed by atoms with Crippen LogP contribution in [0, 0.1) is 17.3 Å². The molecule has 1 heterocycles. The Hall–Kier alpha value is -1.17. The molecule has 1 aliphatic carbocycles. The third kappa shape index (κ3) is 3.29. The molecule has 1 saturated carbocycles. The number of benzene rings is 1. The van der Waals surface area contributed by atoms with E-state index in [9.17, 15) is 4.79 Å². The molecule has 0 amide bonds. The summed E-state index contributed by atoms with van der Waals surface area (Å²) < 4.78 is 17.7. The normalized spacial score (nSPS) is 30.6. The zero-order valence-corrected chi connectivity index (χ0v) is 16.5. The number of hydrogen-bond donors (Lipinski definition) is 0. The SMILES string of the molecule is COC(=O)[C@@]1(/C=C/[C@@H](C)[C@H](OC)c2ccccc2Br)[C@@H]2OCCC[C@@H]21. The lowest BCUT2D eigenvalue weighted by atomic mass is 9.93. The van der Waals surface area contributed by atoms with Crippen molar-refractivity contribution in [2.24, 2.45) is 17.3 Å². The van der Waals surface area contributed by atoms with Crippen LogP contribution in [0.25, 0.3) is 0 Å². The summed E-state index contributed by atoms with van der Waals surface area (Å²) in [7, 11) is 3.16. The number of ether oxygens (including phenoxy) is 3. The first-order valence-corrected chi connectivity index (χ1v) is 9.52. The van der Waals surface area contributed by atoms with Gasteiger partial charge in [-0.2, -0.15) is 0 Å². The lowest BCUT2D eigenvalue weighted by Crippen LogP contribution is -2.21. The van der Waals surface area contributed by atoms with Crippen molar-refractivity contribution >= 4 is 21.9 Å². The summed E-state index contributed by atoms with van der Waals surface area (Å²) in [6.45, 7) is 2.82. The zero-order chi connectivity index (χ0) is 18.0. The third-order valence-electron chi connectivity index (χ3n) is 5.46. The molecule has 0 spiro atoms. The Morgan fingerprint density at radius 1 is 1.40 bits per heavy atom. The van der Waals surface area contributed by atoms with E-state index in [1.54, 1.807) is 7.11 Å². The number of esters is 1. The van der Waals surface area contributed by atoms with E-state index in [-0.39, 0.29) is 30.0 Å². The van der Waals surface area contributed by atoms with Crippen molar-refractivity contribution < 1.29 is 19.0 Å². The second-order valence-electron chi connectivity index (χ2n) is 6.86. The number of hydrogen-bond acceptors (Lipinski definition) is 4. The molecule has 0 aromatic heterocycles. The van der Waals surface area contributed by atoms with E-state index in [0.29, 0.717) is 0 Å². The van der Waals surface area contributed by atoms with Gasteiger partial charge in [-0.15, -0.1) is 0 Å². The first-order valence-electron chi connectivity index (χ1n) is 8.72. The molecule has 5 heteroatoms. The molecule has 1 aromatic rings. The topological polar surface area (TPSA) is 44.8 Å². The molecule has 0 N–H and O–H groups in total. The molecule has 2 aliphatic rings. The molecule has 0 unspecified atom stereocenters. The fourth-order valence-corrected chi connectivity index (χ4v) is 4.59. The van der Waals surface area contributed by atoms with Crippen molar-refractivity contribution in [3.05, 3.63) is 46.5 Å². The highest BCUT2D eigenvalue weighted by Crippen LogP contribution is 2.61. The minimum atomic E-state index is -0.619. The monoisotopic (exact) mass is 408 g/mol. The highest BCUT2D eigenvalue weighted by molar-refractivity contribution is 9.10. The number of halogens is 1. The highest BCUT2D eigenvalue weighted by atomic mass is 79.9. The van der Waals surface area contributed by atoms with E-state index in [4.69, 9.17) is 14.2 Å². The standard InChI is InChI=1S/C20H25BrO4/c1-13(17(23-2)14-7-4-5-9-16(14)21)10-11-20(19(22)24-3)15-8-6-12-25-18(15)20/h4-5,7,9-11,13,15,17-18H,6,8,12H2,1-3H3/b11-10+/t13-,15+,17+,18-,20-/m1/s1. The van der Waals surface area contributed by atoms with Gasteiger partial charge in [0.05, 0.1) is 19.3 Å². The molecule has 5 atom stereocenters. The van der Waals surface area contributed by atoms with E-state index in [2.05, 4.69) is 35.0 Å². The molecule has 1 aliphatic heterocycles. The first kappa shape index (κ1) is 18.6. The van der Waals surface area contributed by atoms with Gasteiger partial charge in [0, 0.05) is 30.0 Å². The van der Waals surface area contributed by atoms with Crippen molar-refractivity contribution in [3.8, 4) is 0 Å². The van der Waals surface area contributed by atoms with E-state index in [0.717, 1.165) is 29.5 Å². The number of fused-ring (bicyclic) bond motifs is 1. The Balaban J connectivity index is 1.81. The van der Waals surface area contributed by atoms with Crippen molar-refractivity contribution in [1.29, 1.82) is 0 Å². The molecular formula is C20H25BrO4. The van der Waals surface area contributed by atoms with E-state index in [1.807, 2.05) is 24.3 Å². The molecule has 3 rings (SSSR count). The van der Waals surface area contributed by atoms with Gasteiger partial charge < -0.3 is 14.2 Å². The lowest BCUT2D eigenvalue weighted by molar-refractivity contribution is -0.146. The van der Waals surface area contributed by atoms with Gasteiger partial charge in [-0.25, -0.2) is 0 Å². The number of carbonyl (C=O) groups is 1. The van der Waals surface area contributed by atoms with Crippen molar-refractivity contribution in [2.45, 2.75) is 32.0 Å². The van der Waals surface area contributed by atoms with Gasteiger partial charge in [-0.05, 0) is 24.5 Å². The van der Waals surface area contributed by atoms with E-state index >= 15 is 0 Å². The van der Waals surface area contributed by atoms with Crippen molar-refractivity contribution in [2.75, 3.05) is 20.8 Å². The summed E-state index contributed by atoms with van der Waals surface area (Å²) in [5.41, 5.74) is 0.477. The first-order chi connectivity index (χ1) is 12.1. The molecule has 0 radical (unpaired) electrons. The van der Waals surface area contributed by atoms with Gasteiger partial charge in [0.1, 0.15) is 5.41 Å². The van der Waals surface area contributed by atoms with Gasteiger partial charge in [0.2, 0.25) is 0 Å². The maximum Gasteiger partial charge on any atom is 0.318 e. The summed E-state index contributed by atoms with van der Waals surface area (Å²) in [4.78, 5) is 12.4. The maximum atomic E-state index is 12.4. The summed E-state index contributed by atoms with van der Waals surface area (Å²) in [5.74, 6) is 0.150. The van der Waals surface area contributed by atoms with Crippen molar-refractivity contribution in [3.63, 3.8) is 0 Å². The van der Waals surface area contributed by atoms with Gasteiger partial charge in [-0.1, -0.05) is 53.2 Å². The smallest absolute Gasteiger partial charge is 0.318 e. The van der Waals surface area contributed by atoms with E-state index < -0.39 is 5.41 Å². The Kier molecular flexibility index (Phi) is 5.66. The molecular weight excluding hydrogens is 384 g/mol. The minimum absolute atomic E-state index is 0.0402. The Morgan fingerprint density at radius 3 is 2.76 bits per heavy atom. The molecule has 25 heavy (non-hydrogen) atoms. The summed E-state index contributed by atoms with van der Waals surface area (Å²) in [6.07, 6.45) is 5.96. The van der Waals surface area contributed by atoms with Crippen LogP contribution in [0.2, 0.25) is 0 Å². The Morgan fingerprint density at radius 2 is 2.16 bits per heavy atom. The van der Waals surface area contributed by atoms with E-state index in [1.165, 1.54) is 7.11 Å². The van der Waals surface area contributed by atoms with Crippen molar-refractivity contribution in [1.82, 2.24) is 0 Å². The Bertz CT molecular complexity index is 645. The van der Waals surface area contributed by atoms with Crippen LogP contribution >= 0.6 is 15.9 Å². The predicted molar refractivity (Wildman–Crippen MR) is 99.1 cm³/mol. The average molecular weight is 409 g/mol. The largest absolute Gasteiger partial charge is 0.468 e. The van der Waals surface area contributed by atoms with Gasteiger partial charge in [-0.3, -0.25) is 4.79 Å². The molecule has 4 nitrogen and oxygen atoms in total. The highest BCUT2D eigenvalue weighted by Gasteiger charge is 2.70. The number of methoxy groups -OCH3 is 2. The van der Waals surface area contributed by atoms with Crippen LogP contribution in [-0.2, 0) is 19.0 Å². The summed E-state index contributed by atoms with van der Waals surface area (Å²) in [5, 5.41) is 0. The molecule has 1 aromatic carbocycles. The minimum Gasteiger partial charge on any atom is -0.468 e. The fraction of sp³-hybridized carbons (Fsp3) is 0.550. The lowest BCUT2D eigenvalue weighted by Gasteiger charge is -2.22. The molecule has 2 fully saturated rings. The second-order valence-corrected chi connectivity index (χ2v) is 7.72. The van der Waals surface area contributed by atoms with Gasteiger partial charge >= 0.3 is 5.97 Å². The third-order valence-corrected chi connectivity index (χ3v) is 6.18.